The Labute approximate surface area is 120 Å². The zero-order chi connectivity index (χ0) is 13.5. The molecule has 0 saturated carbocycles. The van der Waals surface area contributed by atoms with Crippen LogP contribution in [-0.4, -0.2) is 47.9 Å². The highest BCUT2D eigenvalue weighted by Crippen LogP contribution is 2.25. The van der Waals surface area contributed by atoms with Gasteiger partial charge in [0.1, 0.15) is 15.8 Å². The Morgan fingerprint density at radius 3 is 2.79 bits per heavy atom. The molecule has 0 spiro atoms. The topological polar surface area (TPSA) is 63.2 Å². The number of aromatic nitrogens is 2. The van der Waals surface area contributed by atoms with Gasteiger partial charge in [-0.25, -0.2) is 18.4 Å². The standard InChI is InChI=1S/C11H12ClN3O2S2/c12-10-8-1-4-18-11(8)14-9(13-10)7-15-2-5-19(16,17)6-3-15/h1,4H,2-3,5-7H2. The van der Waals surface area contributed by atoms with Gasteiger partial charge in [-0.1, -0.05) is 11.6 Å². The third-order valence-electron chi connectivity index (χ3n) is 3.13. The van der Waals surface area contributed by atoms with E-state index < -0.39 is 9.84 Å². The van der Waals surface area contributed by atoms with Gasteiger partial charge >= 0.3 is 0 Å². The van der Waals surface area contributed by atoms with Crippen LogP contribution in [0.1, 0.15) is 5.82 Å². The van der Waals surface area contributed by atoms with E-state index in [0.29, 0.717) is 30.6 Å². The van der Waals surface area contributed by atoms with Gasteiger partial charge in [0.2, 0.25) is 0 Å². The minimum Gasteiger partial charge on any atom is -0.294 e. The quantitative estimate of drug-likeness (QED) is 0.787. The first-order valence-electron chi connectivity index (χ1n) is 5.86. The van der Waals surface area contributed by atoms with Gasteiger partial charge in [0, 0.05) is 18.5 Å². The molecular weight excluding hydrogens is 306 g/mol. The predicted molar refractivity (Wildman–Crippen MR) is 76.4 cm³/mol. The van der Waals surface area contributed by atoms with Gasteiger partial charge in [0.05, 0.1) is 18.1 Å². The molecule has 1 saturated heterocycles. The van der Waals surface area contributed by atoms with Crippen molar-refractivity contribution in [3.63, 3.8) is 0 Å². The Kier molecular flexibility index (Phi) is 3.46. The summed E-state index contributed by atoms with van der Waals surface area (Å²) in [5.74, 6) is 1.07. The molecule has 0 aromatic carbocycles. The number of rotatable bonds is 2. The molecule has 3 rings (SSSR count). The lowest BCUT2D eigenvalue weighted by Gasteiger charge is -2.25. The Hall–Kier alpha value is -0.760. The zero-order valence-electron chi connectivity index (χ0n) is 10.0. The van der Waals surface area contributed by atoms with E-state index in [9.17, 15) is 8.42 Å². The van der Waals surface area contributed by atoms with E-state index in [2.05, 4.69) is 9.97 Å². The summed E-state index contributed by atoms with van der Waals surface area (Å²) in [6, 6.07) is 1.90. The lowest BCUT2D eigenvalue weighted by molar-refractivity contribution is 0.281. The van der Waals surface area contributed by atoms with Crippen LogP contribution >= 0.6 is 22.9 Å². The van der Waals surface area contributed by atoms with E-state index in [0.717, 1.165) is 10.2 Å². The molecule has 3 heterocycles. The molecule has 0 unspecified atom stereocenters. The number of fused-ring (bicyclic) bond motifs is 1. The van der Waals surface area contributed by atoms with Gasteiger partial charge in [-0.15, -0.1) is 11.3 Å². The van der Waals surface area contributed by atoms with Crippen molar-refractivity contribution >= 4 is 43.0 Å². The second-order valence-electron chi connectivity index (χ2n) is 4.50. The molecule has 0 amide bonds. The Bertz CT molecular complexity index is 700. The average molecular weight is 318 g/mol. The highest BCUT2D eigenvalue weighted by Gasteiger charge is 2.22. The number of halogens is 1. The number of hydrogen-bond donors (Lipinski definition) is 0. The van der Waals surface area contributed by atoms with Gasteiger partial charge in [-0.3, -0.25) is 4.90 Å². The molecule has 2 aromatic heterocycles. The summed E-state index contributed by atoms with van der Waals surface area (Å²) in [5, 5.41) is 3.27. The summed E-state index contributed by atoms with van der Waals surface area (Å²) in [6.45, 7) is 1.61. The molecular formula is C11H12ClN3O2S2. The number of nitrogens with zero attached hydrogens (tertiary/aromatic N) is 3. The summed E-state index contributed by atoms with van der Waals surface area (Å²) < 4.78 is 22.7. The van der Waals surface area contributed by atoms with Crippen molar-refractivity contribution in [2.24, 2.45) is 0 Å². The monoisotopic (exact) mass is 317 g/mol. The minimum absolute atomic E-state index is 0.210. The third-order valence-corrected chi connectivity index (χ3v) is 5.83. The van der Waals surface area contributed by atoms with E-state index >= 15 is 0 Å². The lowest BCUT2D eigenvalue weighted by atomic mass is 10.4. The molecule has 1 fully saturated rings. The maximum atomic E-state index is 11.4. The fourth-order valence-electron chi connectivity index (χ4n) is 2.04. The highest BCUT2D eigenvalue weighted by molar-refractivity contribution is 7.91. The summed E-state index contributed by atoms with van der Waals surface area (Å²) in [7, 11) is -2.85. The Balaban J connectivity index is 1.78. The van der Waals surface area contributed by atoms with Gasteiger partial charge in [0.25, 0.3) is 0 Å². The molecule has 0 N–H and O–H groups in total. The fourth-order valence-corrected chi connectivity index (χ4v) is 4.41. The van der Waals surface area contributed by atoms with Gasteiger partial charge in [-0.05, 0) is 11.4 Å². The molecule has 5 nitrogen and oxygen atoms in total. The molecule has 1 aliphatic rings. The van der Waals surface area contributed by atoms with Crippen LogP contribution in [0.5, 0.6) is 0 Å². The molecule has 0 atom stereocenters. The smallest absolute Gasteiger partial charge is 0.152 e. The van der Waals surface area contributed by atoms with Crippen LogP contribution in [0.2, 0.25) is 5.15 Å². The van der Waals surface area contributed by atoms with Crippen LogP contribution in [0.25, 0.3) is 10.2 Å². The van der Waals surface area contributed by atoms with Crippen molar-refractivity contribution in [2.45, 2.75) is 6.54 Å². The number of hydrogen-bond acceptors (Lipinski definition) is 6. The molecule has 8 heteroatoms. The summed E-state index contributed by atoms with van der Waals surface area (Å²) in [5.41, 5.74) is 0. The summed E-state index contributed by atoms with van der Waals surface area (Å²) >= 11 is 7.64. The normalized spacial score (nSPS) is 19.8. The number of thiophene rings is 1. The summed E-state index contributed by atoms with van der Waals surface area (Å²) in [4.78, 5) is 11.7. The SMILES string of the molecule is O=S1(=O)CCN(Cc2nc(Cl)c3ccsc3n2)CC1. The maximum absolute atomic E-state index is 11.4. The van der Waals surface area contributed by atoms with Gasteiger partial charge in [-0.2, -0.15) is 0 Å². The maximum Gasteiger partial charge on any atom is 0.152 e. The zero-order valence-corrected chi connectivity index (χ0v) is 12.4. The van der Waals surface area contributed by atoms with Crippen molar-refractivity contribution in [1.82, 2.24) is 14.9 Å². The van der Waals surface area contributed by atoms with Gasteiger partial charge in [0.15, 0.2) is 9.84 Å². The van der Waals surface area contributed by atoms with E-state index in [1.165, 1.54) is 11.3 Å². The van der Waals surface area contributed by atoms with E-state index in [4.69, 9.17) is 11.6 Å². The first kappa shape index (κ1) is 13.2. The Morgan fingerprint density at radius 2 is 2.05 bits per heavy atom. The number of sulfone groups is 1. The van der Waals surface area contributed by atoms with Crippen molar-refractivity contribution in [3.05, 3.63) is 22.4 Å². The first-order valence-corrected chi connectivity index (χ1v) is 8.94. The second-order valence-corrected chi connectivity index (χ2v) is 8.05. The largest absolute Gasteiger partial charge is 0.294 e. The van der Waals surface area contributed by atoms with Crippen LogP contribution in [0.15, 0.2) is 11.4 Å². The van der Waals surface area contributed by atoms with E-state index in [-0.39, 0.29) is 11.5 Å². The van der Waals surface area contributed by atoms with Crippen molar-refractivity contribution in [2.75, 3.05) is 24.6 Å². The van der Waals surface area contributed by atoms with Crippen molar-refractivity contribution in [3.8, 4) is 0 Å². The molecule has 0 bridgehead atoms. The molecule has 1 aliphatic heterocycles. The Morgan fingerprint density at radius 1 is 1.32 bits per heavy atom. The van der Waals surface area contributed by atoms with Crippen LogP contribution in [0.4, 0.5) is 0 Å². The minimum atomic E-state index is -2.85. The lowest BCUT2D eigenvalue weighted by Crippen LogP contribution is -2.40. The molecule has 0 radical (unpaired) electrons. The van der Waals surface area contributed by atoms with Crippen LogP contribution in [0, 0.1) is 0 Å². The van der Waals surface area contributed by atoms with E-state index in [1.54, 1.807) is 0 Å². The summed E-state index contributed by atoms with van der Waals surface area (Å²) in [6.07, 6.45) is 0. The third kappa shape index (κ3) is 2.89. The fraction of sp³-hybridized carbons (Fsp3) is 0.455. The van der Waals surface area contributed by atoms with Gasteiger partial charge < -0.3 is 0 Å². The van der Waals surface area contributed by atoms with Crippen LogP contribution in [0.3, 0.4) is 0 Å². The molecule has 0 aliphatic carbocycles. The first-order chi connectivity index (χ1) is 9.03. The predicted octanol–water partition coefficient (Wildman–Crippen LogP) is 1.58. The van der Waals surface area contributed by atoms with Crippen molar-refractivity contribution in [1.29, 1.82) is 0 Å². The second kappa shape index (κ2) is 4.97. The molecule has 19 heavy (non-hydrogen) atoms. The molecule has 2 aromatic rings. The van der Waals surface area contributed by atoms with Crippen LogP contribution < -0.4 is 0 Å². The van der Waals surface area contributed by atoms with Crippen molar-refractivity contribution < 1.29 is 8.42 Å². The van der Waals surface area contributed by atoms with E-state index in [1.807, 2.05) is 16.3 Å². The highest BCUT2D eigenvalue weighted by atomic mass is 35.5. The van der Waals surface area contributed by atoms with Crippen LogP contribution in [-0.2, 0) is 16.4 Å². The average Bonchev–Trinajstić information content (AvgIpc) is 2.81. The molecule has 102 valence electrons.